The molecule has 0 saturated heterocycles. The fraction of sp³-hybridized carbons (Fsp3) is 0.294. The van der Waals surface area contributed by atoms with Crippen molar-refractivity contribution in [1.29, 1.82) is 0 Å². The number of benzene rings is 2. The summed E-state index contributed by atoms with van der Waals surface area (Å²) in [5.41, 5.74) is 1.42. The topological polar surface area (TPSA) is 20.2 Å². The van der Waals surface area contributed by atoms with Crippen molar-refractivity contribution in [1.82, 2.24) is 0 Å². The lowest BCUT2D eigenvalue weighted by Crippen LogP contribution is -2.22. The minimum absolute atomic E-state index is 0.333. The van der Waals surface area contributed by atoms with Gasteiger partial charge in [0.25, 0.3) is 0 Å². The van der Waals surface area contributed by atoms with E-state index in [0.29, 0.717) is 5.56 Å². The molecule has 0 heterocycles. The predicted octanol–water partition coefficient (Wildman–Crippen LogP) is 4.03. The van der Waals surface area contributed by atoms with Crippen LogP contribution in [0.2, 0.25) is 0 Å². The average molecular weight is 258 g/mol. The Morgan fingerprint density at radius 2 is 1.74 bits per heavy atom. The first-order valence-corrected chi connectivity index (χ1v) is 6.62. The lowest BCUT2D eigenvalue weighted by atomic mass is 9.87. The summed E-state index contributed by atoms with van der Waals surface area (Å²) in [7, 11) is 0. The Kier molecular flexibility index (Phi) is 4.01. The molecule has 0 bridgehead atoms. The first kappa shape index (κ1) is 13.8. The molecule has 0 saturated carbocycles. The van der Waals surface area contributed by atoms with Gasteiger partial charge in [-0.3, -0.25) is 0 Å². The van der Waals surface area contributed by atoms with Crippen LogP contribution in [0.3, 0.4) is 0 Å². The third-order valence-electron chi connectivity index (χ3n) is 3.44. The largest absolute Gasteiger partial charge is 0.381 e. The van der Waals surface area contributed by atoms with Crippen LogP contribution in [0.4, 0.5) is 4.39 Å². The molecule has 0 amide bonds. The van der Waals surface area contributed by atoms with Gasteiger partial charge < -0.3 is 5.11 Å². The highest BCUT2D eigenvalue weighted by atomic mass is 19.1. The summed E-state index contributed by atoms with van der Waals surface area (Å²) in [6.45, 7) is 3.83. The van der Waals surface area contributed by atoms with Crippen LogP contribution >= 0.6 is 0 Å². The third kappa shape index (κ3) is 3.02. The summed E-state index contributed by atoms with van der Waals surface area (Å²) in [4.78, 5) is 0. The van der Waals surface area contributed by atoms with Gasteiger partial charge in [0.2, 0.25) is 0 Å². The molecular weight excluding hydrogens is 239 g/mol. The zero-order valence-corrected chi connectivity index (χ0v) is 11.4. The minimum atomic E-state index is -1.17. The maximum atomic E-state index is 13.3. The van der Waals surface area contributed by atoms with Gasteiger partial charge in [0.15, 0.2) is 0 Å². The molecule has 1 N–H and O–H groups in total. The van der Waals surface area contributed by atoms with Gasteiger partial charge in [0.05, 0.1) is 0 Å². The third-order valence-corrected chi connectivity index (χ3v) is 3.44. The van der Waals surface area contributed by atoms with E-state index in [2.05, 4.69) is 6.92 Å². The van der Waals surface area contributed by atoms with Gasteiger partial charge in [-0.1, -0.05) is 49.7 Å². The Morgan fingerprint density at radius 3 is 2.32 bits per heavy atom. The molecule has 1 unspecified atom stereocenters. The van der Waals surface area contributed by atoms with Crippen LogP contribution in [0.1, 0.15) is 37.0 Å². The second kappa shape index (κ2) is 5.54. The van der Waals surface area contributed by atoms with Crippen molar-refractivity contribution in [3.63, 3.8) is 0 Å². The van der Waals surface area contributed by atoms with Crippen molar-refractivity contribution < 1.29 is 9.50 Å². The molecular formula is C17H19FO. The van der Waals surface area contributed by atoms with E-state index in [1.165, 1.54) is 17.7 Å². The Labute approximate surface area is 113 Å². The maximum absolute atomic E-state index is 13.3. The quantitative estimate of drug-likeness (QED) is 0.877. The van der Waals surface area contributed by atoms with Crippen LogP contribution in [-0.4, -0.2) is 5.11 Å². The van der Waals surface area contributed by atoms with Gasteiger partial charge in [-0.2, -0.15) is 0 Å². The Bertz CT molecular complexity index is 543. The SMILES string of the molecule is CCCc1ccc(C(C)(O)c2cccc(F)c2)cc1. The molecule has 2 aromatic carbocycles. The van der Waals surface area contributed by atoms with Gasteiger partial charge >= 0.3 is 0 Å². The van der Waals surface area contributed by atoms with E-state index >= 15 is 0 Å². The number of halogens is 1. The lowest BCUT2D eigenvalue weighted by Gasteiger charge is -2.24. The molecule has 0 aliphatic carbocycles. The standard InChI is InChI=1S/C17H19FO/c1-3-5-13-8-10-14(11-9-13)17(2,19)15-6-4-7-16(18)12-15/h4,6-12,19H,3,5H2,1-2H3. The Morgan fingerprint density at radius 1 is 1.05 bits per heavy atom. The van der Waals surface area contributed by atoms with Crippen LogP contribution in [0.25, 0.3) is 0 Å². The van der Waals surface area contributed by atoms with Crippen molar-refractivity contribution in [3.05, 3.63) is 71.0 Å². The summed E-state index contributed by atoms with van der Waals surface area (Å²) >= 11 is 0. The number of aliphatic hydroxyl groups is 1. The van der Waals surface area contributed by atoms with E-state index in [-0.39, 0.29) is 5.82 Å². The second-order valence-corrected chi connectivity index (χ2v) is 5.03. The number of aryl methyl sites for hydroxylation is 1. The van der Waals surface area contributed by atoms with E-state index < -0.39 is 5.60 Å². The van der Waals surface area contributed by atoms with Crippen molar-refractivity contribution in [3.8, 4) is 0 Å². The van der Waals surface area contributed by atoms with E-state index in [1.807, 2.05) is 24.3 Å². The van der Waals surface area contributed by atoms with Crippen LogP contribution < -0.4 is 0 Å². The minimum Gasteiger partial charge on any atom is -0.381 e. The van der Waals surface area contributed by atoms with Crippen LogP contribution in [0, 0.1) is 5.82 Å². The van der Waals surface area contributed by atoms with Crippen molar-refractivity contribution in [2.24, 2.45) is 0 Å². The molecule has 0 aliphatic rings. The van der Waals surface area contributed by atoms with E-state index in [9.17, 15) is 9.50 Å². The van der Waals surface area contributed by atoms with Gasteiger partial charge in [-0.05, 0) is 42.2 Å². The van der Waals surface area contributed by atoms with E-state index in [1.54, 1.807) is 19.1 Å². The molecule has 2 heteroatoms. The molecule has 2 rings (SSSR count). The molecule has 0 aliphatic heterocycles. The zero-order chi connectivity index (χ0) is 13.9. The maximum Gasteiger partial charge on any atom is 0.123 e. The average Bonchev–Trinajstić information content (AvgIpc) is 2.40. The van der Waals surface area contributed by atoms with Crippen molar-refractivity contribution >= 4 is 0 Å². The first-order chi connectivity index (χ1) is 9.04. The number of hydrogen-bond donors (Lipinski definition) is 1. The van der Waals surface area contributed by atoms with E-state index in [4.69, 9.17) is 0 Å². The summed E-state index contributed by atoms with van der Waals surface area (Å²) in [5, 5.41) is 10.6. The molecule has 1 atom stereocenters. The number of hydrogen-bond acceptors (Lipinski definition) is 1. The first-order valence-electron chi connectivity index (χ1n) is 6.62. The fourth-order valence-corrected chi connectivity index (χ4v) is 2.24. The fourth-order valence-electron chi connectivity index (χ4n) is 2.24. The molecule has 0 aromatic heterocycles. The molecule has 100 valence electrons. The smallest absolute Gasteiger partial charge is 0.123 e. The Hall–Kier alpha value is -1.67. The summed E-state index contributed by atoms with van der Waals surface area (Å²) in [6, 6.07) is 14.0. The highest BCUT2D eigenvalue weighted by Gasteiger charge is 2.25. The molecule has 0 fully saturated rings. The van der Waals surface area contributed by atoms with Crippen LogP contribution in [0.5, 0.6) is 0 Å². The summed E-state index contributed by atoms with van der Waals surface area (Å²) in [6.07, 6.45) is 2.13. The lowest BCUT2D eigenvalue weighted by molar-refractivity contribution is 0.102. The van der Waals surface area contributed by atoms with Gasteiger partial charge in [-0.15, -0.1) is 0 Å². The second-order valence-electron chi connectivity index (χ2n) is 5.03. The van der Waals surface area contributed by atoms with Crippen LogP contribution in [0.15, 0.2) is 48.5 Å². The monoisotopic (exact) mass is 258 g/mol. The van der Waals surface area contributed by atoms with Crippen molar-refractivity contribution in [2.75, 3.05) is 0 Å². The predicted molar refractivity (Wildman–Crippen MR) is 75.5 cm³/mol. The molecule has 2 aromatic rings. The van der Waals surface area contributed by atoms with Gasteiger partial charge in [0, 0.05) is 0 Å². The summed E-state index contributed by atoms with van der Waals surface area (Å²) in [5.74, 6) is -0.333. The Balaban J connectivity index is 2.33. The molecule has 0 spiro atoms. The normalized spacial score (nSPS) is 14.1. The highest BCUT2D eigenvalue weighted by molar-refractivity contribution is 5.36. The summed E-state index contributed by atoms with van der Waals surface area (Å²) < 4.78 is 13.3. The molecule has 0 radical (unpaired) electrons. The van der Waals surface area contributed by atoms with Crippen molar-refractivity contribution in [2.45, 2.75) is 32.3 Å². The van der Waals surface area contributed by atoms with E-state index in [0.717, 1.165) is 18.4 Å². The highest BCUT2D eigenvalue weighted by Crippen LogP contribution is 2.29. The number of rotatable bonds is 4. The molecule has 1 nitrogen and oxygen atoms in total. The van der Waals surface area contributed by atoms with Crippen LogP contribution in [-0.2, 0) is 12.0 Å². The van der Waals surface area contributed by atoms with Gasteiger partial charge in [0.1, 0.15) is 11.4 Å². The zero-order valence-electron chi connectivity index (χ0n) is 11.4. The van der Waals surface area contributed by atoms with Gasteiger partial charge in [-0.25, -0.2) is 4.39 Å². The molecule has 19 heavy (non-hydrogen) atoms.